The summed E-state index contributed by atoms with van der Waals surface area (Å²) in [4.78, 5) is 16.5. The van der Waals surface area contributed by atoms with Crippen LogP contribution in [-0.2, 0) is 21.2 Å². The molecule has 1 aromatic carbocycles. The zero-order chi connectivity index (χ0) is 20.9. The number of benzene rings is 1. The Balaban J connectivity index is 1.37. The third kappa shape index (κ3) is 5.85. The van der Waals surface area contributed by atoms with Gasteiger partial charge in [0, 0.05) is 38.0 Å². The van der Waals surface area contributed by atoms with Crippen molar-refractivity contribution in [1.29, 1.82) is 0 Å². The van der Waals surface area contributed by atoms with Crippen LogP contribution < -0.4 is 10.0 Å². The van der Waals surface area contributed by atoms with Gasteiger partial charge in [0.1, 0.15) is 0 Å². The van der Waals surface area contributed by atoms with E-state index >= 15 is 0 Å². The van der Waals surface area contributed by atoms with E-state index in [1.54, 1.807) is 16.6 Å². The largest absolute Gasteiger partial charge is 0.356 e. The summed E-state index contributed by atoms with van der Waals surface area (Å²) in [6, 6.07) is 8.57. The molecule has 0 spiro atoms. The normalized spacial score (nSPS) is 11.7. The van der Waals surface area contributed by atoms with Gasteiger partial charge in [0.2, 0.25) is 15.9 Å². The molecule has 0 saturated heterocycles. The van der Waals surface area contributed by atoms with Crippen molar-refractivity contribution in [2.45, 2.75) is 38.0 Å². The maximum Gasteiger partial charge on any atom is 0.240 e. The molecule has 154 valence electrons. The zero-order valence-electron chi connectivity index (χ0n) is 16.6. The third-order valence-electron chi connectivity index (χ3n) is 4.40. The number of hydrogen-bond donors (Lipinski definition) is 2. The topological polar surface area (TPSA) is 105 Å². The van der Waals surface area contributed by atoms with Gasteiger partial charge in [-0.2, -0.15) is 5.10 Å². The van der Waals surface area contributed by atoms with E-state index in [4.69, 9.17) is 0 Å². The highest BCUT2D eigenvalue weighted by molar-refractivity contribution is 7.89. The molecule has 3 aromatic rings. The summed E-state index contributed by atoms with van der Waals surface area (Å²) in [5.41, 5.74) is 3.64. The monoisotopic (exact) mass is 415 g/mol. The molecule has 9 heteroatoms. The van der Waals surface area contributed by atoms with Gasteiger partial charge in [0.15, 0.2) is 5.65 Å². The number of carbonyl (C=O) groups is 1. The van der Waals surface area contributed by atoms with E-state index < -0.39 is 10.0 Å². The first-order valence-electron chi connectivity index (χ1n) is 9.47. The van der Waals surface area contributed by atoms with Crippen molar-refractivity contribution in [3.63, 3.8) is 0 Å². The Morgan fingerprint density at radius 2 is 2.00 bits per heavy atom. The minimum absolute atomic E-state index is 0.0569. The van der Waals surface area contributed by atoms with Gasteiger partial charge in [0.05, 0.1) is 10.6 Å². The first kappa shape index (κ1) is 20.9. The van der Waals surface area contributed by atoms with Crippen LogP contribution in [0.3, 0.4) is 0 Å². The molecule has 0 radical (unpaired) electrons. The summed E-state index contributed by atoms with van der Waals surface area (Å²) in [7, 11) is -3.60. The highest BCUT2D eigenvalue weighted by atomic mass is 32.2. The van der Waals surface area contributed by atoms with Crippen LogP contribution in [0.1, 0.15) is 29.7 Å². The molecule has 0 atom stereocenters. The lowest BCUT2D eigenvalue weighted by atomic mass is 10.2. The van der Waals surface area contributed by atoms with Crippen molar-refractivity contribution in [3.8, 4) is 0 Å². The predicted molar refractivity (Wildman–Crippen MR) is 110 cm³/mol. The molecule has 0 aliphatic carbocycles. The van der Waals surface area contributed by atoms with Crippen molar-refractivity contribution >= 4 is 21.6 Å². The lowest BCUT2D eigenvalue weighted by molar-refractivity contribution is -0.120. The zero-order valence-corrected chi connectivity index (χ0v) is 17.4. The lowest BCUT2D eigenvalue weighted by Gasteiger charge is -2.08. The number of sulfonamides is 1. The Kier molecular flexibility index (Phi) is 6.60. The Hall–Kier alpha value is -2.78. The fourth-order valence-corrected chi connectivity index (χ4v) is 4.07. The van der Waals surface area contributed by atoms with Gasteiger partial charge >= 0.3 is 0 Å². The summed E-state index contributed by atoms with van der Waals surface area (Å²) in [6.07, 6.45) is 5.37. The number of nitrogens with zero attached hydrogens (tertiary/aromatic N) is 3. The third-order valence-corrected chi connectivity index (χ3v) is 5.86. The molecule has 3 rings (SSSR count). The van der Waals surface area contributed by atoms with Crippen LogP contribution in [0.2, 0.25) is 0 Å². The summed E-state index contributed by atoms with van der Waals surface area (Å²) in [5, 5.41) is 7.15. The minimum atomic E-state index is -3.60. The molecule has 0 fully saturated rings. The summed E-state index contributed by atoms with van der Waals surface area (Å²) in [5.74, 6) is -0.187. The van der Waals surface area contributed by atoms with Crippen LogP contribution >= 0.6 is 0 Å². The highest BCUT2D eigenvalue weighted by Crippen LogP contribution is 2.10. The summed E-state index contributed by atoms with van der Waals surface area (Å²) in [6.45, 7) is 4.32. The van der Waals surface area contributed by atoms with E-state index in [1.807, 2.05) is 38.4 Å². The Bertz CT molecular complexity index is 1110. The maximum absolute atomic E-state index is 12.2. The van der Waals surface area contributed by atoms with E-state index in [1.165, 1.54) is 6.07 Å². The number of rotatable bonds is 9. The molecule has 2 heterocycles. The fourth-order valence-electron chi connectivity index (χ4n) is 2.94. The molecule has 0 unspecified atom stereocenters. The van der Waals surface area contributed by atoms with Gasteiger partial charge in [-0.3, -0.25) is 4.79 Å². The van der Waals surface area contributed by atoms with Crippen LogP contribution in [0, 0.1) is 13.8 Å². The molecule has 2 aromatic heterocycles. The standard InChI is InChI=1S/C20H25N5O3S/c1-15-5-3-7-18(11-15)29(27,28)23-10-8-20(26)21-9-4-6-17-13-22-19-12-16(2)24-25(19)14-17/h3,5,7,11-14,23H,4,6,8-10H2,1-2H3,(H,21,26). The van der Waals surface area contributed by atoms with E-state index in [0.717, 1.165) is 35.3 Å². The average Bonchev–Trinajstić information content (AvgIpc) is 3.04. The number of fused-ring (bicyclic) bond motifs is 1. The van der Waals surface area contributed by atoms with Gasteiger partial charge in [-0.05, 0) is 49.9 Å². The quantitative estimate of drug-likeness (QED) is 0.518. The number of amides is 1. The maximum atomic E-state index is 12.2. The Labute approximate surface area is 170 Å². The van der Waals surface area contributed by atoms with E-state index in [-0.39, 0.29) is 23.8 Å². The van der Waals surface area contributed by atoms with E-state index in [9.17, 15) is 13.2 Å². The highest BCUT2D eigenvalue weighted by Gasteiger charge is 2.14. The van der Waals surface area contributed by atoms with Gasteiger partial charge in [-0.1, -0.05) is 12.1 Å². The van der Waals surface area contributed by atoms with Crippen LogP contribution in [0.5, 0.6) is 0 Å². The molecule has 0 aliphatic heterocycles. The molecule has 2 N–H and O–H groups in total. The first-order valence-corrected chi connectivity index (χ1v) is 11.0. The number of hydrogen-bond acceptors (Lipinski definition) is 5. The van der Waals surface area contributed by atoms with Gasteiger partial charge in [-0.15, -0.1) is 0 Å². The summed E-state index contributed by atoms with van der Waals surface area (Å²) < 4.78 is 28.7. The van der Waals surface area contributed by atoms with Crippen LogP contribution in [0.4, 0.5) is 0 Å². The predicted octanol–water partition coefficient (Wildman–Crippen LogP) is 1.76. The smallest absolute Gasteiger partial charge is 0.240 e. The van der Waals surface area contributed by atoms with Crippen molar-refractivity contribution in [1.82, 2.24) is 24.6 Å². The molecular formula is C20H25N5O3S. The number of aryl methyl sites for hydroxylation is 3. The molecule has 29 heavy (non-hydrogen) atoms. The van der Waals surface area contributed by atoms with Crippen molar-refractivity contribution < 1.29 is 13.2 Å². The van der Waals surface area contributed by atoms with E-state index in [0.29, 0.717) is 6.54 Å². The molecular weight excluding hydrogens is 390 g/mol. The summed E-state index contributed by atoms with van der Waals surface area (Å²) >= 11 is 0. The van der Waals surface area contributed by atoms with Gasteiger partial charge in [-0.25, -0.2) is 22.6 Å². The first-order chi connectivity index (χ1) is 13.8. The van der Waals surface area contributed by atoms with Crippen molar-refractivity contribution in [2.75, 3.05) is 13.1 Å². The molecule has 0 bridgehead atoms. The van der Waals surface area contributed by atoms with Crippen molar-refractivity contribution in [2.24, 2.45) is 0 Å². The van der Waals surface area contributed by atoms with Gasteiger partial charge in [0.25, 0.3) is 0 Å². The SMILES string of the molecule is Cc1cccc(S(=O)(=O)NCCC(=O)NCCCc2cnc3cc(C)nn3c2)c1. The number of carbonyl (C=O) groups excluding carboxylic acids is 1. The van der Waals surface area contributed by atoms with Crippen molar-refractivity contribution in [3.05, 3.63) is 59.5 Å². The van der Waals surface area contributed by atoms with E-state index in [2.05, 4.69) is 20.1 Å². The average molecular weight is 416 g/mol. The van der Waals surface area contributed by atoms with Crippen LogP contribution in [0.25, 0.3) is 5.65 Å². The Morgan fingerprint density at radius 3 is 2.79 bits per heavy atom. The molecule has 0 aliphatic rings. The molecule has 8 nitrogen and oxygen atoms in total. The minimum Gasteiger partial charge on any atom is -0.356 e. The Morgan fingerprint density at radius 1 is 1.17 bits per heavy atom. The van der Waals surface area contributed by atoms with Crippen LogP contribution in [0.15, 0.2) is 47.6 Å². The molecule has 1 amide bonds. The second-order valence-corrected chi connectivity index (χ2v) is 8.74. The second-order valence-electron chi connectivity index (χ2n) is 6.97. The van der Waals surface area contributed by atoms with Crippen LogP contribution in [-0.4, -0.2) is 42.0 Å². The number of aromatic nitrogens is 3. The fraction of sp³-hybridized carbons (Fsp3) is 0.350. The number of nitrogens with one attached hydrogen (secondary N) is 2. The second kappa shape index (κ2) is 9.15. The van der Waals surface area contributed by atoms with Gasteiger partial charge < -0.3 is 5.32 Å². The lowest BCUT2D eigenvalue weighted by Crippen LogP contribution is -2.31. The molecule has 0 saturated carbocycles.